The van der Waals surface area contributed by atoms with Crippen LogP contribution in [0.15, 0.2) is 22.6 Å². The summed E-state index contributed by atoms with van der Waals surface area (Å²) in [4.78, 5) is 17.4. The lowest BCUT2D eigenvalue weighted by molar-refractivity contribution is -0.120. The molecule has 6 heteroatoms. The van der Waals surface area contributed by atoms with Crippen LogP contribution in [0.2, 0.25) is 0 Å². The molecule has 0 saturated carbocycles. The third-order valence-electron chi connectivity index (χ3n) is 2.75. The Morgan fingerprint density at radius 1 is 1.47 bits per heavy atom. The zero-order valence-electron chi connectivity index (χ0n) is 9.14. The van der Waals surface area contributed by atoms with Gasteiger partial charge in [-0.3, -0.25) is 4.79 Å². The van der Waals surface area contributed by atoms with E-state index in [4.69, 9.17) is 10.2 Å². The van der Waals surface area contributed by atoms with E-state index in [-0.39, 0.29) is 12.5 Å². The minimum absolute atomic E-state index is 0.0218. The van der Waals surface area contributed by atoms with Crippen molar-refractivity contribution in [1.29, 1.82) is 0 Å². The van der Waals surface area contributed by atoms with Crippen LogP contribution >= 0.6 is 0 Å². The number of carbonyl (C=O) groups excluding carboxylic acids is 1. The number of nitrogens with zero attached hydrogens (tertiary/aromatic N) is 2. The first-order valence-electron chi connectivity index (χ1n) is 5.41. The molecule has 17 heavy (non-hydrogen) atoms. The first-order valence-corrected chi connectivity index (χ1v) is 5.41. The average molecular weight is 232 g/mol. The van der Waals surface area contributed by atoms with E-state index < -0.39 is 0 Å². The molecule has 1 aliphatic heterocycles. The number of fused-ring (bicyclic) bond motifs is 1. The summed E-state index contributed by atoms with van der Waals surface area (Å²) in [6.45, 7) is 1.57. The van der Waals surface area contributed by atoms with Gasteiger partial charge in [-0.15, -0.1) is 0 Å². The number of nitrogens with two attached hydrogens (primary N) is 1. The molecule has 1 aromatic carbocycles. The third kappa shape index (κ3) is 1.67. The number of nitrogens with one attached hydrogen (secondary N) is 1. The summed E-state index contributed by atoms with van der Waals surface area (Å²) in [5.41, 5.74) is 7.68. The molecular weight excluding hydrogens is 220 g/mol. The topological polar surface area (TPSA) is 84.4 Å². The van der Waals surface area contributed by atoms with Gasteiger partial charge in [0, 0.05) is 13.1 Å². The van der Waals surface area contributed by atoms with Crippen LogP contribution in [0.4, 0.5) is 11.7 Å². The molecule has 3 rings (SSSR count). The van der Waals surface area contributed by atoms with Crippen molar-refractivity contribution in [2.45, 2.75) is 0 Å². The van der Waals surface area contributed by atoms with Crippen molar-refractivity contribution in [3.8, 4) is 0 Å². The Balaban J connectivity index is 2.00. The molecule has 88 valence electrons. The number of amides is 1. The lowest BCUT2D eigenvalue weighted by Crippen LogP contribution is -2.47. The van der Waals surface area contributed by atoms with Gasteiger partial charge in [0.2, 0.25) is 5.91 Å². The molecule has 1 amide bonds. The molecule has 2 heterocycles. The maximum atomic E-state index is 11.3. The average Bonchev–Trinajstić information content (AvgIpc) is 2.74. The van der Waals surface area contributed by atoms with Gasteiger partial charge in [0.05, 0.1) is 5.69 Å². The van der Waals surface area contributed by atoms with Crippen molar-refractivity contribution >= 4 is 28.7 Å². The highest BCUT2D eigenvalue weighted by molar-refractivity contribution is 5.87. The van der Waals surface area contributed by atoms with E-state index in [1.807, 2.05) is 12.1 Å². The molecule has 0 aliphatic carbocycles. The highest BCUT2D eigenvalue weighted by Gasteiger charge is 2.21. The second-order valence-electron chi connectivity index (χ2n) is 3.96. The van der Waals surface area contributed by atoms with Crippen molar-refractivity contribution in [2.75, 3.05) is 30.3 Å². The Morgan fingerprint density at radius 2 is 2.35 bits per heavy atom. The molecule has 0 bridgehead atoms. The normalized spacial score (nSPS) is 16.2. The van der Waals surface area contributed by atoms with Gasteiger partial charge in [0.15, 0.2) is 5.58 Å². The molecule has 0 radical (unpaired) electrons. The van der Waals surface area contributed by atoms with Crippen LogP contribution in [-0.2, 0) is 4.79 Å². The molecule has 1 aromatic heterocycles. The van der Waals surface area contributed by atoms with Crippen molar-refractivity contribution in [1.82, 2.24) is 10.3 Å². The number of piperazine rings is 1. The van der Waals surface area contributed by atoms with Crippen LogP contribution in [0.1, 0.15) is 0 Å². The SMILES string of the molecule is Nc1cccc2oc(N3CCNC(=O)C3)nc12. The van der Waals surface area contributed by atoms with Crippen LogP contribution in [0.3, 0.4) is 0 Å². The van der Waals surface area contributed by atoms with Gasteiger partial charge >= 0.3 is 0 Å². The standard InChI is InChI=1S/C11H12N4O2/c12-7-2-1-3-8-10(7)14-11(17-8)15-5-4-13-9(16)6-15/h1-3H,4-6,12H2,(H,13,16). The van der Waals surface area contributed by atoms with Crippen LogP contribution in [0, 0.1) is 0 Å². The Morgan fingerprint density at radius 3 is 3.12 bits per heavy atom. The summed E-state index contributed by atoms with van der Waals surface area (Å²) in [5.74, 6) is -0.0218. The number of anilines is 2. The summed E-state index contributed by atoms with van der Waals surface area (Å²) in [5, 5.41) is 2.75. The van der Waals surface area contributed by atoms with Gasteiger partial charge < -0.3 is 20.4 Å². The Kier molecular flexibility index (Phi) is 2.14. The van der Waals surface area contributed by atoms with Gasteiger partial charge in [-0.2, -0.15) is 4.98 Å². The van der Waals surface area contributed by atoms with Crippen molar-refractivity contribution in [2.24, 2.45) is 0 Å². The molecule has 3 N–H and O–H groups in total. The van der Waals surface area contributed by atoms with Crippen molar-refractivity contribution in [3.05, 3.63) is 18.2 Å². The molecule has 0 unspecified atom stereocenters. The number of hydrogen-bond acceptors (Lipinski definition) is 5. The maximum Gasteiger partial charge on any atom is 0.298 e. The number of rotatable bonds is 1. The zero-order chi connectivity index (χ0) is 11.8. The van der Waals surface area contributed by atoms with Crippen molar-refractivity contribution < 1.29 is 9.21 Å². The van der Waals surface area contributed by atoms with Gasteiger partial charge in [0.1, 0.15) is 12.1 Å². The number of oxazole rings is 1. The number of carbonyl (C=O) groups is 1. The molecule has 6 nitrogen and oxygen atoms in total. The van der Waals surface area contributed by atoms with E-state index in [1.165, 1.54) is 0 Å². The van der Waals surface area contributed by atoms with Crippen LogP contribution < -0.4 is 16.0 Å². The number of nitrogen functional groups attached to an aromatic ring is 1. The van der Waals surface area contributed by atoms with E-state index in [9.17, 15) is 4.79 Å². The fraction of sp³-hybridized carbons (Fsp3) is 0.273. The highest BCUT2D eigenvalue weighted by Crippen LogP contribution is 2.25. The lowest BCUT2D eigenvalue weighted by atomic mass is 10.3. The zero-order valence-corrected chi connectivity index (χ0v) is 9.14. The van der Waals surface area contributed by atoms with E-state index >= 15 is 0 Å². The maximum absolute atomic E-state index is 11.3. The first kappa shape index (κ1) is 9.95. The fourth-order valence-corrected chi connectivity index (χ4v) is 1.90. The fourth-order valence-electron chi connectivity index (χ4n) is 1.90. The van der Waals surface area contributed by atoms with E-state index in [0.29, 0.717) is 35.9 Å². The van der Waals surface area contributed by atoms with E-state index in [1.54, 1.807) is 11.0 Å². The number of hydrogen-bond donors (Lipinski definition) is 2. The molecule has 0 spiro atoms. The minimum Gasteiger partial charge on any atom is -0.423 e. The van der Waals surface area contributed by atoms with Crippen LogP contribution in [0.25, 0.3) is 11.1 Å². The van der Waals surface area contributed by atoms with Gasteiger partial charge in [-0.1, -0.05) is 6.07 Å². The Hall–Kier alpha value is -2.24. The smallest absolute Gasteiger partial charge is 0.298 e. The summed E-state index contributed by atoms with van der Waals surface area (Å²) >= 11 is 0. The molecule has 2 aromatic rings. The molecule has 1 saturated heterocycles. The predicted octanol–water partition coefficient (Wildman–Crippen LogP) is 0.346. The highest BCUT2D eigenvalue weighted by atomic mass is 16.4. The largest absolute Gasteiger partial charge is 0.423 e. The van der Waals surface area contributed by atoms with Crippen molar-refractivity contribution in [3.63, 3.8) is 0 Å². The van der Waals surface area contributed by atoms with Gasteiger partial charge in [-0.05, 0) is 12.1 Å². The summed E-state index contributed by atoms with van der Waals surface area (Å²) < 4.78 is 5.59. The van der Waals surface area contributed by atoms with Gasteiger partial charge in [0.25, 0.3) is 6.01 Å². The lowest BCUT2D eigenvalue weighted by Gasteiger charge is -2.24. The summed E-state index contributed by atoms with van der Waals surface area (Å²) in [6, 6.07) is 5.85. The first-order chi connectivity index (χ1) is 8.24. The predicted molar refractivity (Wildman–Crippen MR) is 63.6 cm³/mol. The minimum atomic E-state index is -0.0218. The quantitative estimate of drug-likeness (QED) is 0.693. The summed E-state index contributed by atoms with van der Waals surface area (Å²) in [7, 11) is 0. The third-order valence-corrected chi connectivity index (χ3v) is 2.75. The molecule has 1 fully saturated rings. The Labute approximate surface area is 97.4 Å². The number of aromatic nitrogens is 1. The second kappa shape index (κ2) is 3.65. The van der Waals surface area contributed by atoms with E-state index in [2.05, 4.69) is 10.3 Å². The number of para-hydroxylation sites is 1. The van der Waals surface area contributed by atoms with Crippen LogP contribution in [-0.4, -0.2) is 30.5 Å². The number of benzene rings is 1. The monoisotopic (exact) mass is 232 g/mol. The second-order valence-corrected chi connectivity index (χ2v) is 3.96. The Bertz CT molecular complexity index is 578. The molecule has 1 aliphatic rings. The van der Waals surface area contributed by atoms with E-state index in [0.717, 1.165) is 0 Å². The van der Waals surface area contributed by atoms with Gasteiger partial charge in [-0.25, -0.2) is 0 Å². The summed E-state index contributed by atoms with van der Waals surface area (Å²) in [6.07, 6.45) is 0. The van der Waals surface area contributed by atoms with Crippen LogP contribution in [0.5, 0.6) is 0 Å². The molecule has 0 atom stereocenters. The molecular formula is C11H12N4O2.